The second-order valence-electron chi connectivity index (χ2n) is 3.58. The van der Waals surface area contributed by atoms with E-state index in [1.165, 1.54) is 0 Å². The maximum atomic E-state index is 10.5. The molecule has 0 rings (SSSR count). The number of hydrogen-bond acceptors (Lipinski definition) is 13. The fraction of sp³-hybridized carbons (Fsp3) is 1.00. The Bertz CT molecular complexity index is 461. The summed E-state index contributed by atoms with van der Waals surface area (Å²) in [4.78, 5) is 50.8. The highest BCUT2D eigenvalue weighted by atomic mass is 16.8. The minimum atomic E-state index is -4.24. The summed E-state index contributed by atoms with van der Waals surface area (Å²) < 4.78 is 3.88. The molecule has 0 saturated carbocycles. The van der Waals surface area contributed by atoms with Crippen molar-refractivity contribution in [2.45, 2.75) is 11.6 Å². The summed E-state index contributed by atoms with van der Waals surface area (Å²) in [5, 5.41) is 63.0. The standard InChI is InChI=1S/C4H4N6O13/c11-5(12)3(6(13)14,7(15)16)1-23-2-4(8(17)18,9(19)20)10(21)22/h1-2H2. The van der Waals surface area contributed by atoms with Crippen molar-refractivity contribution in [2.24, 2.45) is 0 Å². The molecular weight excluding hydrogens is 340 g/mol. The van der Waals surface area contributed by atoms with Crippen LogP contribution >= 0.6 is 0 Å². The molecule has 23 heavy (non-hydrogen) atoms. The molecule has 0 aliphatic heterocycles. The zero-order valence-electron chi connectivity index (χ0n) is 10.4. The van der Waals surface area contributed by atoms with Gasteiger partial charge < -0.3 is 4.74 Å². The van der Waals surface area contributed by atoms with Crippen LogP contribution in [0.5, 0.6) is 0 Å². The Morgan fingerprint density at radius 3 is 0.826 bits per heavy atom. The molecule has 0 atom stereocenters. The highest BCUT2D eigenvalue weighted by molar-refractivity contribution is 4.56. The number of ether oxygens (including phenoxy) is 1. The molecular formula is C4H4N6O13. The molecule has 0 radical (unpaired) electrons. The number of nitro groups is 6. The zero-order chi connectivity index (χ0) is 18.6. The van der Waals surface area contributed by atoms with Gasteiger partial charge in [0.25, 0.3) is 13.2 Å². The average molecular weight is 344 g/mol. The van der Waals surface area contributed by atoms with Gasteiger partial charge in [-0.05, 0) is 0 Å². The average Bonchev–Trinajstić information content (AvgIpc) is 2.35. The van der Waals surface area contributed by atoms with Crippen molar-refractivity contribution >= 4 is 0 Å². The Labute approximate surface area is 121 Å². The number of hydrogen-bond donors (Lipinski definition) is 0. The Balaban J connectivity index is 5.59. The van der Waals surface area contributed by atoms with Gasteiger partial charge in [0.1, 0.15) is 0 Å². The molecule has 0 heterocycles. The van der Waals surface area contributed by atoms with Crippen molar-refractivity contribution in [3.63, 3.8) is 0 Å². The van der Waals surface area contributed by atoms with Crippen molar-refractivity contribution in [1.29, 1.82) is 0 Å². The van der Waals surface area contributed by atoms with E-state index >= 15 is 0 Å². The van der Waals surface area contributed by atoms with Gasteiger partial charge in [-0.3, -0.25) is 60.7 Å². The van der Waals surface area contributed by atoms with Crippen molar-refractivity contribution in [2.75, 3.05) is 13.2 Å². The number of rotatable bonds is 10. The molecule has 0 saturated heterocycles. The fourth-order valence-electron chi connectivity index (χ4n) is 1.04. The largest absolute Gasteiger partial charge is 0.723 e. The third kappa shape index (κ3) is 3.02. The van der Waals surface area contributed by atoms with Gasteiger partial charge in [-0.15, -0.1) is 0 Å². The van der Waals surface area contributed by atoms with E-state index in [4.69, 9.17) is 0 Å². The monoisotopic (exact) mass is 344 g/mol. The first kappa shape index (κ1) is 19.4. The van der Waals surface area contributed by atoms with E-state index < -0.39 is 54.3 Å². The predicted molar refractivity (Wildman–Crippen MR) is 58.2 cm³/mol. The van der Waals surface area contributed by atoms with Gasteiger partial charge >= 0.3 is 11.6 Å². The summed E-state index contributed by atoms with van der Waals surface area (Å²) in [7, 11) is 0. The van der Waals surface area contributed by atoms with E-state index in [0.29, 0.717) is 0 Å². The summed E-state index contributed by atoms with van der Waals surface area (Å²) in [6.45, 7) is -4.26. The molecule has 0 aromatic rings. The third-order valence-electron chi connectivity index (χ3n) is 2.35. The smallest absolute Gasteiger partial charge is 0.338 e. The zero-order valence-corrected chi connectivity index (χ0v) is 10.4. The molecule has 128 valence electrons. The predicted octanol–water partition coefficient (Wildman–Crippen LogP) is -2.03. The minimum absolute atomic E-state index is 2.03. The molecule has 0 amide bonds. The van der Waals surface area contributed by atoms with Crippen LogP contribution in [0.1, 0.15) is 0 Å². The molecule has 0 spiro atoms. The summed E-state index contributed by atoms with van der Waals surface area (Å²) in [5.41, 5.74) is 0. The minimum Gasteiger partial charge on any atom is -0.338 e. The van der Waals surface area contributed by atoms with Crippen LogP contribution in [0.15, 0.2) is 0 Å². The van der Waals surface area contributed by atoms with Gasteiger partial charge in [0.2, 0.25) is 0 Å². The maximum Gasteiger partial charge on any atom is 0.723 e. The van der Waals surface area contributed by atoms with Crippen LogP contribution in [0.2, 0.25) is 0 Å². The van der Waals surface area contributed by atoms with Gasteiger partial charge in [-0.1, -0.05) is 0 Å². The lowest BCUT2D eigenvalue weighted by molar-refractivity contribution is -0.979. The van der Waals surface area contributed by atoms with Crippen LogP contribution in [-0.2, 0) is 4.74 Å². The summed E-state index contributed by atoms with van der Waals surface area (Å²) in [5.74, 6) is -8.48. The topological polar surface area (TPSA) is 268 Å². The van der Waals surface area contributed by atoms with Gasteiger partial charge in [0, 0.05) is 0 Å². The highest BCUT2D eigenvalue weighted by Gasteiger charge is 2.75. The van der Waals surface area contributed by atoms with Crippen molar-refractivity contribution in [1.82, 2.24) is 0 Å². The van der Waals surface area contributed by atoms with Gasteiger partial charge in [0.15, 0.2) is 29.5 Å². The van der Waals surface area contributed by atoms with Crippen LogP contribution < -0.4 is 0 Å². The van der Waals surface area contributed by atoms with E-state index in [1.807, 2.05) is 0 Å². The summed E-state index contributed by atoms with van der Waals surface area (Å²) in [6, 6.07) is 0. The molecule has 0 aromatic heterocycles. The first-order chi connectivity index (χ1) is 10.4. The normalized spacial score (nSPS) is 11.5. The van der Waals surface area contributed by atoms with Crippen LogP contribution in [0.3, 0.4) is 0 Å². The van der Waals surface area contributed by atoms with Crippen LogP contribution in [0, 0.1) is 60.7 Å². The number of nitrogens with zero attached hydrogens (tertiary/aromatic N) is 6. The Morgan fingerprint density at radius 1 is 0.522 bits per heavy atom. The van der Waals surface area contributed by atoms with E-state index in [1.54, 1.807) is 0 Å². The molecule has 0 aromatic carbocycles. The lowest BCUT2D eigenvalue weighted by Gasteiger charge is -2.11. The molecule has 0 unspecified atom stereocenters. The van der Waals surface area contributed by atoms with E-state index in [0.717, 1.165) is 0 Å². The molecule has 0 N–H and O–H groups in total. The molecule has 0 aliphatic carbocycles. The maximum absolute atomic E-state index is 10.5. The highest BCUT2D eigenvalue weighted by Crippen LogP contribution is 2.17. The quantitative estimate of drug-likeness (QED) is 0.235. The lowest BCUT2D eigenvalue weighted by atomic mass is 10.4. The Kier molecular flexibility index (Phi) is 5.40. The van der Waals surface area contributed by atoms with Crippen molar-refractivity contribution in [3.8, 4) is 0 Å². The first-order valence-electron chi connectivity index (χ1n) is 4.82. The molecule has 0 bridgehead atoms. The van der Waals surface area contributed by atoms with E-state index in [-0.39, 0.29) is 0 Å². The second-order valence-corrected chi connectivity index (χ2v) is 3.58. The van der Waals surface area contributed by atoms with Crippen LogP contribution in [0.25, 0.3) is 0 Å². The van der Waals surface area contributed by atoms with Crippen molar-refractivity contribution < 1.29 is 34.3 Å². The molecule has 0 aliphatic rings. The van der Waals surface area contributed by atoms with Crippen molar-refractivity contribution in [3.05, 3.63) is 60.7 Å². The van der Waals surface area contributed by atoms with Gasteiger partial charge in [0.05, 0.1) is 0 Å². The molecule has 0 fully saturated rings. The molecule has 19 nitrogen and oxygen atoms in total. The Hall–Kier alpha value is -3.64. The van der Waals surface area contributed by atoms with E-state index in [9.17, 15) is 60.7 Å². The SMILES string of the molecule is O=[N+]([O-])C(COCC([N+](=O)[O-])([N+](=O)[O-])[N+](=O)[O-])([N+](=O)[O-])[N+](=O)[O-]. The fourth-order valence-corrected chi connectivity index (χ4v) is 1.04. The van der Waals surface area contributed by atoms with Crippen LogP contribution in [-0.4, -0.2) is 54.3 Å². The van der Waals surface area contributed by atoms with Crippen LogP contribution in [0.4, 0.5) is 0 Å². The third-order valence-corrected chi connectivity index (χ3v) is 2.35. The van der Waals surface area contributed by atoms with E-state index in [2.05, 4.69) is 4.74 Å². The summed E-state index contributed by atoms with van der Waals surface area (Å²) in [6.07, 6.45) is 0. The lowest BCUT2D eigenvalue weighted by Crippen LogP contribution is -2.60. The second kappa shape index (κ2) is 6.42. The summed E-state index contributed by atoms with van der Waals surface area (Å²) >= 11 is 0. The Morgan fingerprint density at radius 2 is 0.696 bits per heavy atom. The molecule has 19 heteroatoms. The first-order valence-corrected chi connectivity index (χ1v) is 4.82. The van der Waals surface area contributed by atoms with Gasteiger partial charge in [-0.2, -0.15) is 0 Å². The van der Waals surface area contributed by atoms with Gasteiger partial charge in [-0.25, -0.2) is 0 Å².